The first-order chi connectivity index (χ1) is 11.6. The van der Waals surface area contributed by atoms with Gasteiger partial charge in [-0.2, -0.15) is 0 Å². The molecule has 0 radical (unpaired) electrons. The SMILES string of the molecule is O=C(OCc1cc(Cl)cc2c1OCOC2)c1ccccc1[N+](=O)[O-]. The summed E-state index contributed by atoms with van der Waals surface area (Å²) >= 11 is 6.04. The molecule has 0 fully saturated rings. The van der Waals surface area contributed by atoms with Crippen LogP contribution >= 0.6 is 11.6 Å². The second kappa shape index (κ2) is 6.86. The van der Waals surface area contributed by atoms with E-state index in [0.717, 1.165) is 5.56 Å². The third-order valence-electron chi connectivity index (χ3n) is 3.43. The van der Waals surface area contributed by atoms with E-state index in [1.165, 1.54) is 24.3 Å². The Morgan fingerprint density at radius 3 is 2.92 bits per heavy atom. The van der Waals surface area contributed by atoms with Crippen LogP contribution in [0.1, 0.15) is 21.5 Å². The van der Waals surface area contributed by atoms with Crippen LogP contribution in [0.2, 0.25) is 5.02 Å². The molecule has 0 saturated heterocycles. The Morgan fingerprint density at radius 2 is 2.12 bits per heavy atom. The third-order valence-corrected chi connectivity index (χ3v) is 3.65. The highest BCUT2D eigenvalue weighted by atomic mass is 35.5. The van der Waals surface area contributed by atoms with E-state index in [0.29, 0.717) is 22.9 Å². The van der Waals surface area contributed by atoms with Crippen LogP contribution in [0.5, 0.6) is 5.75 Å². The lowest BCUT2D eigenvalue weighted by atomic mass is 10.1. The number of benzene rings is 2. The summed E-state index contributed by atoms with van der Waals surface area (Å²) in [5.41, 5.74) is 0.918. The Morgan fingerprint density at radius 1 is 1.33 bits per heavy atom. The number of halogens is 1. The van der Waals surface area contributed by atoms with Crippen molar-refractivity contribution in [1.29, 1.82) is 0 Å². The van der Waals surface area contributed by atoms with E-state index in [1.807, 2.05) is 0 Å². The molecule has 0 unspecified atom stereocenters. The average Bonchev–Trinajstić information content (AvgIpc) is 2.59. The Labute approximate surface area is 141 Å². The maximum Gasteiger partial charge on any atom is 0.345 e. The van der Waals surface area contributed by atoms with Crippen LogP contribution < -0.4 is 4.74 Å². The van der Waals surface area contributed by atoms with Crippen molar-refractivity contribution in [2.24, 2.45) is 0 Å². The highest BCUT2D eigenvalue weighted by Gasteiger charge is 2.22. The summed E-state index contributed by atoms with van der Waals surface area (Å²) in [5, 5.41) is 11.4. The lowest BCUT2D eigenvalue weighted by Crippen LogP contribution is -2.14. The van der Waals surface area contributed by atoms with Gasteiger partial charge in [0, 0.05) is 22.2 Å². The van der Waals surface area contributed by atoms with Gasteiger partial charge in [-0.05, 0) is 18.2 Å². The number of carbonyl (C=O) groups excluding carboxylic acids is 1. The van der Waals surface area contributed by atoms with Gasteiger partial charge in [-0.25, -0.2) is 4.79 Å². The van der Waals surface area contributed by atoms with Gasteiger partial charge >= 0.3 is 5.97 Å². The first-order valence-electron chi connectivity index (χ1n) is 6.98. The van der Waals surface area contributed by atoms with Gasteiger partial charge in [0.15, 0.2) is 6.79 Å². The van der Waals surface area contributed by atoms with Crippen molar-refractivity contribution in [3.63, 3.8) is 0 Å². The summed E-state index contributed by atoms with van der Waals surface area (Å²) in [5.74, 6) is -0.232. The van der Waals surface area contributed by atoms with Crippen LogP contribution in [-0.4, -0.2) is 17.7 Å². The van der Waals surface area contributed by atoms with Crippen molar-refractivity contribution in [3.05, 3.63) is 68.2 Å². The number of ether oxygens (including phenoxy) is 3. The largest absolute Gasteiger partial charge is 0.467 e. The van der Waals surface area contributed by atoms with E-state index in [-0.39, 0.29) is 24.7 Å². The summed E-state index contributed by atoms with van der Waals surface area (Å²) in [6, 6.07) is 8.94. The fourth-order valence-corrected chi connectivity index (χ4v) is 2.65. The first kappa shape index (κ1) is 16.2. The summed E-state index contributed by atoms with van der Waals surface area (Å²) in [7, 11) is 0. The minimum Gasteiger partial charge on any atom is -0.467 e. The topological polar surface area (TPSA) is 87.9 Å². The lowest BCUT2D eigenvalue weighted by Gasteiger charge is -2.21. The maximum atomic E-state index is 12.2. The van der Waals surface area contributed by atoms with Gasteiger partial charge in [-0.3, -0.25) is 10.1 Å². The minimum atomic E-state index is -0.789. The summed E-state index contributed by atoms with van der Waals surface area (Å²) in [4.78, 5) is 22.5. The Hall–Kier alpha value is -2.64. The molecule has 1 aliphatic rings. The van der Waals surface area contributed by atoms with Crippen molar-refractivity contribution < 1.29 is 23.9 Å². The van der Waals surface area contributed by atoms with Crippen LogP contribution in [0, 0.1) is 10.1 Å². The van der Waals surface area contributed by atoms with Crippen LogP contribution in [0.3, 0.4) is 0 Å². The van der Waals surface area contributed by atoms with E-state index in [1.54, 1.807) is 12.1 Å². The smallest absolute Gasteiger partial charge is 0.345 e. The van der Waals surface area contributed by atoms with Crippen LogP contribution in [-0.2, 0) is 22.7 Å². The number of para-hydroxylation sites is 1. The third kappa shape index (κ3) is 3.32. The van der Waals surface area contributed by atoms with Crippen molar-refractivity contribution in [3.8, 4) is 5.75 Å². The first-order valence-corrected chi connectivity index (χ1v) is 7.36. The van der Waals surface area contributed by atoms with Crippen LogP contribution in [0.4, 0.5) is 5.69 Å². The quantitative estimate of drug-likeness (QED) is 0.477. The number of nitro benzene ring substituents is 1. The molecule has 124 valence electrons. The van der Waals surface area contributed by atoms with Gasteiger partial charge in [0.2, 0.25) is 0 Å². The molecule has 2 aromatic rings. The van der Waals surface area contributed by atoms with Gasteiger partial charge in [-0.15, -0.1) is 0 Å². The molecule has 7 nitrogen and oxygen atoms in total. The molecule has 0 saturated carbocycles. The Kier molecular flexibility index (Phi) is 4.64. The molecule has 0 aliphatic carbocycles. The highest BCUT2D eigenvalue weighted by molar-refractivity contribution is 6.30. The molecule has 0 spiro atoms. The molecular formula is C16H12ClNO6. The van der Waals surface area contributed by atoms with Gasteiger partial charge in [0.05, 0.1) is 11.5 Å². The zero-order chi connectivity index (χ0) is 17.1. The summed E-state index contributed by atoms with van der Waals surface area (Å²) in [6.45, 7) is 0.328. The van der Waals surface area contributed by atoms with Gasteiger partial charge in [0.25, 0.3) is 5.69 Å². The second-order valence-corrected chi connectivity index (χ2v) is 5.45. The Balaban J connectivity index is 1.81. The normalized spacial score (nSPS) is 12.9. The Bertz CT molecular complexity index is 807. The van der Waals surface area contributed by atoms with Crippen molar-refractivity contribution >= 4 is 23.3 Å². The van der Waals surface area contributed by atoms with Crippen molar-refractivity contribution in [1.82, 2.24) is 0 Å². The minimum absolute atomic E-state index is 0.0970. The summed E-state index contributed by atoms with van der Waals surface area (Å²) < 4.78 is 15.8. The van der Waals surface area contributed by atoms with E-state index in [9.17, 15) is 14.9 Å². The van der Waals surface area contributed by atoms with Crippen molar-refractivity contribution in [2.75, 3.05) is 6.79 Å². The predicted molar refractivity (Wildman–Crippen MR) is 84.0 cm³/mol. The molecule has 3 rings (SSSR count). The van der Waals surface area contributed by atoms with E-state index in [4.69, 9.17) is 25.8 Å². The zero-order valence-electron chi connectivity index (χ0n) is 12.4. The van der Waals surface area contributed by atoms with Gasteiger partial charge < -0.3 is 14.2 Å². The lowest BCUT2D eigenvalue weighted by molar-refractivity contribution is -0.385. The predicted octanol–water partition coefficient (Wildman–Crippen LogP) is 3.47. The highest BCUT2D eigenvalue weighted by Crippen LogP contribution is 2.32. The standard InChI is InChI=1S/C16H12ClNO6/c17-12-5-10-7-22-9-24-15(10)11(6-12)8-23-16(19)13-3-1-2-4-14(13)18(20)21/h1-6H,7-9H2. The molecule has 8 heteroatoms. The molecule has 24 heavy (non-hydrogen) atoms. The van der Waals surface area contributed by atoms with E-state index < -0.39 is 10.9 Å². The van der Waals surface area contributed by atoms with E-state index in [2.05, 4.69) is 0 Å². The van der Waals surface area contributed by atoms with Crippen LogP contribution in [0.15, 0.2) is 36.4 Å². The molecule has 0 N–H and O–H groups in total. The fourth-order valence-electron chi connectivity index (χ4n) is 2.39. The molecular weight excluding hydrogens is 338 g/mol. The number of nitrogens with zero attached hydrogens (tertiary/aromatic N) is 1. The summed E-state index contributed by atoms with van der Waals surface area (Å²) in [6.07, 6.45) is 0. The van der Waals surface area contributed by atoms with Gasteiger partial charge in [-0.1, -0.05) is 23.7 Å². The number of hydrogen-bond acceptors (Lipinski definition) is 6. The number of carbonyl (C=O) groups is 1. The number of fused-ring (bicyclic) bond motifs is 1. The fraction of sp³-hybridized carbons (Fsp3) is 0.188. The number of rotatable bonds is 4. The number of esters is 1. The molecule has 0 bridgehead atoms. The van der Waals surface area contributed by atoms with Crippen LogP contribution in [0.25, 0.3) is 0 Å². The molecule has 1 heterocycles. The van der Waals surface area contributed by atoms with Crippen molar-refractivity contribution in [2.45, 2.75) is 13.2 Å². The number of nitro groups is 1. The van der Waals surface area contributed by atoms with E-state index >= 15 is 0 Å². The average molecular weight is 350 g/mol. The molecule has 2 aromatic carbocycles. The second-order valence-electron chi connectivity index (χ2n) is 5.01. The molecule has 0 aromatic heterocycles. The molecule has 0 amide bonds. The molecule has 0 atom stereocenters. The molecule has 1 aliphatic heterocycles. The monoisotopic (exact) mass is 349 g/mol. The number of hydrogen-bond donors (Lipinski definition) is 0. The van der Waals surface area contributed by atoms with Gasteiger partial charge in [0.1, 0.15) is 17.9 Å². The zero-order valence-corrected chi connectivity index (χ0v) is 13.1. The maximum absolute atomic E-state index is 12.2.